The molecule has 59 heavy (non-hydrogen) atoms. The first-order chi connectivity index (χ1) is 28.2. The molecule has 3 unspecified atom stereocenters. The number of nitrogens with two attached hydrogens (primary N) is 1. The lowest BCUT2D eigenvalue weighted by atomic mass is 9.45. The number of hydrogen-bond donors (Lipinski definition) is 3. The van der Waals surface area contributed by atoms with Crippen LogP contribution in [0.2, 0.25) is 0 Å². The van der Waals surface area contributed by atoms with Crippen molar-refractivity contribution in [2.75, 3.05) is 25.1 Å². The Morgan fingerprint density at radius 1 is 0.983 bits per heavy atom. The molecule has 1 amide bonds. The standard InChI is InChI=1S/C46H49F2N3O8/c1-44-21-40(54)46(48)36(20-38(47)37-18-30(52)11-14-45(37,46)2)34(44)9-10-35(44)39(53)24-59-43(57)32-19-31(32)42(56)58-16-13-25-3-5-26(6-4-25)33(22-49)41(55)51-29-8-7-28-23-50-15-12-27(28)17-29/h3-8,11-12,14-15,17-18,23,31-36,38,40,54H,9-10,13,16,19-22,24,49H2,1-2H3,(H,51,55)/t31?,32?,33?,34-,35+,36-,38-,40-,44-,45-,46-/m0/s1. The number of esters is 2. The van der Waals surface area contributed by atoms with Crippen molar-refractivity contribution in [2.24, 2.45) is 46.2 Å². The molecule has 13 heteroatoms. The van der Waals surface area contributed by atoms with Crippen molar-refractivity contribution >= 4 is 45.9 Å². The van der Waals surface area contributed by atoms with E-state index in [0.717, 1.165) is 28.0 Å². The average molecular weight is 810 g/mol. The number of carbonyl (C=O) groups is 5. The number of aliphatic hydroxyl groups excluding tert-OH is 1. The molecule has 4 saturated carbocycles. The van der Waals surface area contributed by atoms with Crippen LogP contribution in [0.25, 0.3) is 10.8 Å². The van der Waals surface area contributed by atoms with Crippen LogP contribution in [0.4, 0.5) is 14.5 Å². The van der Waals surface area contributed by atoms with Gasteiger partial charge in [-0.3, -0.25) is 29.0 Å². The highest BCUT2D eigenvalue weighted by molar-refractivity contribution is 6.01. The number of halogens is 2. The molecule has 310 valence electrons. The number of carbonyl (C=O) groups excluding carboxylic acids is 5. The van der Waals surface area contributed by atoms with Gasteiger partial charge >= 0.3 is 11.9 Å². The minimum Gasteiger partial charge on any atom is -0.465 e. The first-order valence-electron chi connectivity index (χ1n) is 20.4. The molecule has 1 heterocycles. The lowest BCUT2D eigenvalue weighted by molar-refractivity contribution is -0.202. The number of aromatic nitrogens is 1. The molecule has 0 radical (unpaired) electrons. The van der Waals surface area contributed by atoms with Crippen LogP contribution < -0.4 is 11.1 Å². The summed E-state index contributed by atoms with van der Waals surface area (Å²) in [5, 5.41) is 16.3. The van der Waals surface area contributed by atoms with Gasteiger partial charge in [0.1, 0.15) is 12.8 Å². The summed E-state index contributed by atoms with van der Waals surface area (Å²) in [5.41, 5.74) is 3.76. The SMILES string of the molecule is C[C@]12C[C@H](O)[C@@]3(F)[C@@H](C[C@H](F)C4=CC(=O)C=C[C@@]43C)[C@@H]1CC[C@@H]2C(=O)COC(=O)C1CC1C(=O)OCCc1ccc(C(CN)C(=O)Nc2ccc3cnccc3c2)cc1. The smallest absolute Gasteiger partial charge is 0.310 e. The lowest BCUT2D eigenvalue weighted by Gasteiger charge is -2.62. The zero-order valence-corrected chi connectivity index (χ0v) is 33.1. The van der Waals surface area contributed by atoms with E-state index in [0.29, 0.717) is 24.9 Å². The van der Waals surface area contributed by atoms with E-state index < -0.39 is 88.6 Å². The van der Waals surface area contributed by atoms with Crippen molar-refractivity contribution in [1.29, 1.82) is 0 Å². The Labute approximate surface area is 340 Å². The number of benzene rings is 2. The highest BCUT2D eigenvalue weighted by Gasteiger charge is 2.72. The number of fused-ring (bicyclic) bond motifs is 6. The minimum absolute atomic E-state index is 0.0338. The molecule has 2 aromatic carbocycles. The average Bonchev–Trinajstić information content (AvgIpc) is 3.95. The van der Waals surface area contributed by atoms with Crippen LogP contribution in [0.5, 0.6) is 0 Å². The Bertz CT molecular complexity index is 2260. The number of hydrogen-bond acceptors (Lipinski definition) is 10. The van der Waals surface area contributed by atoms with E-state index in [4.69, 9.17) is 15.2 Å². The van der Waals surface area contributed by atoms with Crippen LogP contribution in [-0.4, -0.2) is 77.2 Å². The van der Waals surface area contributed by atoms with E-state index in [1.807, 2.05) is 55.5 Å². The van der Waals surface area contributed by atoms with Gasteiger partial charge in [0.05, 0.1) is 30.5 Å². The minimum atomic E-state index is -2.22. The van der Waals surface area contributed by atoms with E-state index in [2.05, 4.69) is 10.3 Å². The molecule has 11 atom stereocenters. The molecule has 1 aromatic heterocycles. The fourth-order valence-electron chi connectivity index (χ4n) is 10.9. The highest BCUT2D eigenvalue weighted by atomic mass is 19.1. The van der Waals surface area contributed by atoms with Gasteiger partial charge in [-0.25, -0.2) is 8.78 Å². The van der Waals surface area contributed by atoms with Crippen molar-refractivity contribution in [1.82, 2.24) is 4.98 Å². The van der Waals surface area contributed by atoms with Gasteiger partial charge in [0.25, 0.3) is 0 Å². The Morgan fingerprint density at radius 2 is 1.73 bits per heavy atom. The molecule has 5 aliphatic carbocycles. The van der Waals surface area contributed by atoms with Crippen LogP contribution in [0, 0.1) is 40.4 Å². The van der Waals surface area contributed by atoms with Crippen LogP contribution in [0.3, 0.4) is 0 Å². The molecule has 11 nitrogen and oxygen atoms in total. The maximum absolute atomic E-state index is 17.3. The number of anilines is 1. The lowest BCUT2D eigenvalue weighted by Crippen LogP contribution is -2.68. The summed E-state index contributed by atoms with van der Waals surface area (Å²) < 4.78 is 43.9. The summed E-state index contributed by atoms with van der Waals surface area (Å²) in [7, 11) is 0. The summed E-state index contributed by atoms with van der Waals surface area (Å²) in [6.07, 6.45) is 5.41. The fourth-order valence-corrected chi connectivity index (χ4v) is 10.9. The van der Waals surface area contributed by atoms with Gasteiger partial charge in [0, 0.05) is 53.7 Å². The van der Waals surface area contributed by atoms with Crippen LogP contribution in [-0.2, 0) is 39.9 Å². The number of aliphatic hydroxyl groups is 1. The van der Waals surface area contributed by atoms with Gasteiger partial charge in [-0.2, -0.15) is 0 Å². The number of alkyl halides is 2. The molecule has 3 aromatic rings. The molecule has 5 aliphatic rings. The first kappa shape index (κ1) is 40.6. The quantitative estimate of drug-likeness (QED) is 0.193. The molecular formula is C46H49F2N3O8. The van der Waals surface area contributed by atoms with E-state index >= 15 is 8.78 Å². The second kappa shape index (κ2) is 15.5. The number of ketones is 2. The number of pyridine rings is 1. The number of rotatable bonds is 12. The predicted octanol–water partition coefficient (Wildman–Crippen LogP) is 5.68. The van der Waals surface area contributed by atoms with Crippen molar-refractivity contribution in [3.63, 3.8) is 0 Å². The number of amides is 1. The molecule has 0 spiro atoms. The molecule has 0 aliphatic heterocycles. The van der Waals surface area contributed by atoms with Crippen LogP contribution in [0.15, 0.2) is 84.7 Å². The largest absolute Gasteiger partial charge is 0.465 e. The highest BCUT2D eigenvalue weighted by Crippen LogP contribution is 2.69. The van der Waals surface area contributed by atoms with Gasteiger partial charge in [-0.1, -0.05) is 43.3 Å². The van der Waals surface area contributed by atoms with Crippen molar-refractivity contribution < 1.29 is 47.3 Å². The van der Waals surface area contributed by atoms with Gasteiger partial charge < -0.3 is 25.6 Å². The number of ether oxygens (including phenoxy) is 2. The Hall–Kier alpha value is -5.14. The summed E-state index contributed by atoms with van der Waals surface area (Å²) >= 11 is 0. The molecule has 8 rings (SSSR count). The summed E-state index contributed by atoms with van der Waals surface area (Å²) in [4.78, 5) is 68.6. The molecular weight excluding hydrogens is 761 g/mol. The third-order valence-corrected chi connectivity index (χ3v) is 14.2. The maximum Gasteiger partial charge on any atom is 0.310 e. The van der Waals surface area contributed by atoms with E-state index in [1.165, 1.54) is 12.2 Å². The normalized spacial score (nSPS) is 33.5. The molecule has 4 N–H and O–H groups in total. The summed E-state index contributed by atoms with van der Waals surface area (Å²) in [5.74, 6) is -6.09. The van der Waals surface area contributed by atoms with Crippen LogP contribution >= 0.6 is 0 Å². The summed E-state index contributed by atoms with van der Waals surface area (Å²) in [6.45, 7) is 3.05. The number of Topliss-reactive ketones (excluding diaryl/α,β-unsaturated/α-hetero) is 1. The predicted molar refractivity (Wildman–Crippen MR) is 213 cm³/mol. The van der Waals surface area contributed by atoms with Gasteiger partial charge in [0.2, 0.25) is 5.91 Å². The monoisotopic (exact) mass is 809 g/mol. The number of nitrogens with one attached hydrogen (secondary N) is 1. The van der Waals surface area contributed by atoms with E-state index in [1.54, 1.807) is 19.3 Å². The topological polar surface area (TPSA) is 175 Å². The second-order valence-electron chi connectivity index (χ2n) is 17.5. The molecule has 0 saturated heterocycles. The maximum atomic E-state index is 17.3. The Morgan fingerprint density at radius 3 is 2.47 bits per heavy atom. The van der Waals surface area contributed by atoms with Crippen LogP contribution in [0.1, 0.15) is 63.0 Å². The van der Waals surface area contributed by atoms with Gasteiger partial charge in [-0.15, -0.1) is 0 Å². The first-order valence-corrected chi connectivity index (χ1v) is 20.4. The third kappa shape index (κ3) is 7.09. The molecule has 0 bridgehead atoms. The second-order valence-corrected chi connectivity index (χ2v) is 17.5. The van der Waals surface area contributed by atoms with Gasteiger partial charge in [0.15, 0.2) is 17.2 Å². The molecule has 4 fully saturated rings. The van der Waals surface area contributed by atoms with Gasteiger partial charge in [-0.05, 0) is 103 Å². The zero-order chi connectivity index (χ0) is 41.9. The Balaban J connectivity index is 0.794. The van der Waals surface area contributed by atoms with Crippen molar-refractivity contribution in [2.45, 2.75) is 76.2 Å². The van der Waals surface area contributed by atoms with Crippen molar-refractivity contribution in [3.05, 3.63) is 95.9 Å². The van der Waals surface area contributed by atoms with E-state index in [9.17, 15) is 29.1 Å². The summed E-state index contributed by atoms with van der Waals surface area (Å²) in [6, 6.07) is 14.8. The van der Waals surface area contributed by atoms with E-state index in [-0.39, 0.29) is 49.7 Å². The van der Waals surface area contributed by atoms with Crippen molar-refractivity contribution in [3.8, 4) is 0 Å². The third-order valence-electron chi connectivity index (χ3n) is 14.2. The Kier molecular flexibility index (Phi) is 10.7. The fraction of sp³-hybridized carbons (Fsp3) is 0.478. The zero-order valence-electron chi connectivity index (χ0n) is 33.1. The number of nitrogens with zero attached hydrogens (tertiary/aromatic N) is 1. The number of allylic oxidation sites excluding steroid dienone is 4.